The van der Waals surface area contributed by atoms with Crippen LogP contribution >= 0.6 is 0 Å². The van der Waals surface area contributed by atoms with Crippen molar-refractivity contribution in [2.45, 2.75) is 33.9 Å². The molecule has 0 unspecified atom stereocenters. The topological polar surface area (TPSA) is 36.1 Å². The molecule has 2 aromatic carbocycles. The molecule has 0 saturated carbocycles. The van der Waals surface area contributed by atoms with E-state index in [1.807, 2.05) is 38.1 Å². The van der Waals surface area contributed by atoms with E-state index >= 15 is 0 Å². The quantitative estimate of drug-likeness (QED) is 0.786. The normalized spacial score (nSPS) is 11.4. The second-order valence-electron chi connectivity index (χ2n) is 6.72. The molecule has 124 valence electrons. The fourth-order valence-electron chi connectivity index (χ4n) is 3.38. The minimum atomic E-state index is 0.152. The molecule has 0 atom stereocenters. The third kappa shape index (κ3) is 3.26. The summed E-state index contributed by atoms with van der Waals surface area (Å²) in [5.74, 6) is 0. The minimum absolute atomic E-state index is 0.152. The zero-order valence-electron chi connectivity index (χ0n) is 14.8. The van der Waals surface area contributed by atoms with Gasteiger partial charge in [0.05, 0.1) is 5.52 Å². The Hall–Kier alpha value is -2.39. The van der Waals surface area contributed by atoms with E-state index in [4.69, 9.17) is 0 Å². The third-order valence-electron chi connectivity index (χ3n) is 4.48. The summed E-state index contributed by atoms with van der Waals surface area (Å²) < 4.78 is 0. The monoisotopic (exact) mass is 320 g/mol. The summed E-state index contributed by atoms with van der Waals surface area (Å²) in [5.41, 5.74) is 6.36. The van der Waals surface area contributed by atoms with Gasteiger partial charge in [-0.05, 0) is 50.6 Å². The van der Waals surface area contributed by atoms with Gasteiger partial charge >= 0.3 is 0 Å². The maximum atomic E-state index is 13.0. The highest BCUT2D eigenvalue weighted by atomic mass is 16.1. The van der Waals surface area contributed by atoms with E-state index in [2.05, 4.69) is 42.1 Å². The molecule has 3 heteroatoms. The molecule has 0 amide bonds. The molecular formula is C21H24N2O. The first-order valence-electron chi connectivity index (χ1n) is 8.31. The number of aromatic nitrogens is 1. The van der Waals surface area contributed by atoms with E-state index in [1.54, 1.807) is 0 Å². The van der Waals surface area contributed by atoms with E-state index in [0.717, 1.165) is 34.3 Å². The lowest BCUT2D eigenvalue weighted by Crippen LogP contribution is -2.24. The molecule has 1 heterocycles. The maximum absolute atomic E-state index is 13.0. The van der Waals surface area contributed by atoms with Crippen molar-refractivity contribution in [3.63, 3.8) is 0 Å². The van der Waals surface area contributed by atoms with Crippen molar-refractivity contribution < 1.29 is 0 Å². The summed E-state index contributed by atoms with van der Waals surface area (Å²) in [5, 5.41) is 0.814. The number of benzene rings is 2. The Labute approximate surface area is 143 Å². The standard InChI is InChI=1S/C21H24N2O/c1-14-10-15(2)20-19(11-14)22-16(3)18(21(20)24)13-23(4)12-17-8-6-5-7-9-17/h5-11H,12-13H2,1-4H3,(H,22,24). The predicted molar refractivity (Wildman–Crippen MR) is 100 cm³/mol. The molecule has 3 aromatic rings. The van der Waals surface area contributed by atoms with Crippen LogP contribution in [0, 0.1) is 20.8 Å². The molecule has 0 aliphatic rings. The Kier molecular flexibility index (Phi) is 4.54. The van der Waals surface area contributed by atoms with Gasteiger partial charge in [-0.15, -0.1) is 0 Å². The first kappa shape index (κ1) is 16.5. The fraction of sp³-hybridized carbons (Fsp3) is 0.286. The molecule has 0 bridgehead atoms. The Morgan fingerprint density at radius 2 is 1.71 bits per heavy atom. The van der Waals surface area contributed by atoms with Crippen molar-refractivity contribution in [1.29, 1.82) is 0 Å². The highest BCUT2D eigenvalue weighted by molar-refractivity contribution is 5.83. The van der Waals surface area contributed by atoms with Gasteiger partial charge in [0, 0.05) is 29.7 Å². The number of hydrogen-bond donors (Lipinski definition) is 1. The lowest BCUT2D eigenvalue weighted by atomic mass is 10.0. The molecule has 3 rings (SSSR count). The number of hydrogen-bond acceptors (Lipinski definition) is 2. The molecule has 0 saturated heterocycles. The van der Waals surface area contributed by atoms with Crippen LogP contribution in [0.3, 0.4) is 0 Å². The van der Waals surface area contributed by atoms with Crippen molar-refractivity contribution in [3.05, 3.63) is 80.6 Å². The Morgan fingerprint density at radius 1 is 1.00 bits per heavy atom. The molecule has 0 aliphatic carbocycles. The highest BCUT2D eigenvalue weighted by Crippen LogP contribution is 2.18. The molecule has 3 nitrogen and oxygen atoms in total. The molecule has 0 fully saturated rings. The maximum Gasteiger partial charge on any atom is 0.194 e. The second kappa shape index (κ2) is 6.62. The SMILES string of the molecule is Cc1cc(C)c2c(=O)c(CN(C)Cc3ccccc3)c(C)[nH]c2c1. The Morgan fingerprint density at radius 3 is 2.42 bits per heavy atom. The van der Waals surface area contributed by atoms with E-state index < -0.39 is 0 Å². The summed E-state index contributed by atoms with van der Waals surface area (Å²) in [6.07, 6.45) is 0. The van der Waals surface area contributed by atoms with Crippen LogP contribution in [0.4, 0.5) is 0 Å². The van der Waals surface area contributed by atoms with Crippen molar-refractivity contribution in [1.82, 2.24) is 9.88 Å². The Balaban J connectivity index is 1.96. The van der Waals surface area contributed by atoms with Crippen LogP contribution in [0.25, 0.3) is 10.9 Å². The van der Waals surface area contributed by atoms with Crippen molar-refractivity contribution in [3.8, 4) is 0 Å². The van der Waals surface area contributed by atoms with Crippen LogP contribution in [0.15, 0.2) is 47.3 Å². The number of aromatic amines is 1. The summed E-state index contributed by atoms with van der Waals surface area (Å²) in [6, 6.07) is 14.5. The van der Waals surface area contributed by atoms with Gasteiger partial charge in [-0.25, -0.2) is 0 Å². The van der Waals surface area contributed by atoms with Gasteiger partial charge in [-0.1, -0.05) is 36.4 Å². The number of rotatable bonds is 4. The number of H-pyrrole nitrogens is 1. The summed E-state index contributed by atoms with van der Waals surface area (Å²) in [7, 11) is 2.05. The predicted octanol–water partition coefficient (Wildman–Crippen LogP) is 4.09. The molecule has 1 N–H and O–H groups in total. The van der Waals surface area contributed by atoms with Crippen molar-refractivity contribution in [2.24, 2.45) is 0 Å². The summed E-state index contributed by atoms with van der Waals surface area (Å²) >= 11 is 0. The van der Waals surface area contributed by atoms with Gasteiger partial charge in [0.1, 0.15) is 0 Å². The molecule has 0 radical (unpaired) electrons. The van der Waals surface area contributed by atoms with Crippen molar-refractivity contribution in [2.75, 3.05) is 7.05 Å². The first-order valence-corrected chi connectivity index (χ1v) is 8.31. The van der Waals surface area contributed by atoms with Gasteiger partial charge < -0.3 is 4.98 Å². The van der Waals surface area contributed by atoms with E-state index in [0.29, 0.717) is 6.54 Å². The van der Waals surface area contributed by atoms with Crippen LogP contribution in [-0.2, 0) is 13.1 Å². The van der Waals surface area contributed by atoms with Gasteiger partial charge in [0.25, 0.3) is 0 Å². The number of pyridine rings is 1. The van der Waals surface area contributed by atoms with Crippen LogP contribution in [0.2, 0.25) is 0 Å². The van der Waals surface area contributed by atoms with E-state index in [1.165, 1.54) is 11.1 Å². The van der Waals surface area contributed by atoms with Crippen LogP contribution < -0.4 is 5.43 Å². The van der Waals surface area contributed by atoms with Crippen LogP contribution in [0.1, 0.15) is 27.9 Å². The van der Waals surface area contributed by atoms with Crippen molar-refractivity contribution >= 4 is 10.9 Å². The number of aryl methyl sites for hydroxylation is 3. The van der Waals surface area contributed by atoms with E-state index in [-0.39, 0.29) is 5.43 Å². The van der Waals surface area contributed by atoms with E-state index in [9.17, 15) is 4.79 Å². The second-order valence-corrected chi connectivity index (χ2v) is 6.72. The average Bonchev–Trinajstić information content (AvgIpc) is 2.51. The van der Waals surface area contributed by atoms with Crippen LogP contribution in [-0.4, -0.2) is 16.9 Å². The smallest absolute Gasteiger partial charge is 0.194 e. The lowest BCUT2D eigenvalue weighted by molar-refractivity contribution is 0.317. The lowest BCUT2D eigenvalue weighted by Gasteiger charge is -2.18. The Bertz CT molecular complexity index is 926. The van der Waals surface area contributed by atoms with Gasteiger partial charge in [0.15, 0.2) is 5.43 Å². The zero-order valence-corrected chi connectivity index (χ0v) is 14.8. The van der Waals surface area contributed by atoms with Gasteiger partial charge in [0.2, 0.25) is 0 Å². The fourth-order valence-corrected chi connectivity index (χ4v) is 3.38. The first-order chi connectivity index (χ1) is 11.5. The molecule has 0 aliphatic heterocycles. The highest BCUT2D eigenvalue weighted by Gasteiger charge is 2.13. The summed E-state index contributed by atoms with van der Waals surface area (Å²) in [4.78, 5) is 18.6. The number of nitrogens with one attached hydrogen (secondary N) is 1. The molecule has 24 heavy (non-hydrogen) atoms. The third-order valence-corrected chi connectivity index (χ3v) is 4.48. The molecule has 0 spiro atoms. The minimum Gasteiger partial charge on any atom is -0.358 e. The average molecular weight is 320 g/mol. The van der Waals surface area contributed by atoms with Crippen LogP contribution in [0.5, 0.6) is 0 Å². The number of fused-ring (bicyclic) bond motifs is 1. The van der Waals surface area contributed by atoms with Gasteiger partial charge in [-0.3, -0.25) is 9.69 Å². The zero-order chi connectivity index (χ0) is 17.3. The molecule has 1 aromatic heterocycles. The summed E-state index contributed by atoms with van der Waals surface area (Å²) in [6.45, 7) is 7.52. The largest absolute Gasteiger partial charge is 0.358 e. The van der Waals surface area contributed by atoms with Gasteiger partial charge in [-0.2, -0.15) is 0 Å². The number of nitrogens with zero attached hydrogens (tertiary/aromatic N) is 1. The molecular weight excluding hydrogens is 296 g/mol.